The van der Waals surface area contributed by atoms with E-state index in [1.165, 1.54) is 0 Å². The monoisotopic (exact) mass is 385 g/mol. The van der Waals surface area contributed by atoms with Crippen LogP contribution >= 0.6 is 11.6 Å². The number of ether oxygens (including phenoxy) is 1. The van der Waals surface area contributed by atoms with Crippen LogP contribution < -0.4 is 10.1 Å². The molecule has 27 heavy (non-hydrogen) atoms. The molecule has 0 unspecified atom stereocenters. The molecule has 7 nitrogen and oxygen atoms in total. The number of carbonyl (C=O) groups is 1. The average Bonchev–Trinajstić information content (AvgIpc) is 3.15. The van der Waals surface area contributed by atoms with E-state index < -0.39 is 0 Å². The summed E-state index contributed by atoms with van der Waals surface area (Å²) in [6.45, 7) is 4.61. The molecule has 0 atom stereocenters. The minimum atomic E-state index is -0.176. The zero-order valence-electron chi connectivity index (χ0n) is 15.1. The lowest BCUT2D eigenvalue weighted by Gasteiger charge is -2.10. The van der Waals surface area contributed by atoms with Crippen LogP contribution in [0.25, 0.3) is 0 Å². The Labute approximate surface area is 162 Å². The van der Waals surface area contributed by atoms with E-state index in [9.17, 15) is 4.79 Å². The fourth-order valence-corrected chi connectivity index (χ4v) is 2.68. The molecule has 0 aliphatic rings. The van der Waals surface area contributed by atoms with E-state index in [0.717, 1.165) is 5.56 Å². The summed E-state index contributed by atoms with van der Waals surface area (Å²) in [5, 5.41) is 15.0. The molecule has 0 radical (unpaired) electrons. The predicted molar refractivity (Wildman–Crippen MR) is 102 cm³/mol. The highest BCUT2D eigenvalue weighted by Crippen LogP contribution is 2.16. The molecule has 8 heteroatoms. The van der Waals surface area contributed by atoms with E-state index in [0.29, 0.717) is 28.7 Å². The number of nitrogens with one attached hydrogen (secondary N) is 1. The number of hydrogen-bond acceptors (Lipinski definition) is 5. The second-order valence-electron chi connectivity index (χ2n) is 6.22. The normalized spacial score (nSPS) is 10.8. The van der Waals surface area contributed by atoms with Gasteiger partial charge in [-0.1, -0.05) is 29.8 Å². The largest absolute Gasteiger partial charge is 0.486 e. The van der Waals surface area contributed by atoms with Crippen molar-refractivity contribution in [2.45, 2.75) is 33.0 Å². The number of aromatic nitrogens is 4. The lowest BCUT2D eigenvalue weighted by Crippen LogP contribution is -2.22. The molecule has 1 aromatic heterocycles. The molecular formula is C19H20ClN5O2. The van der Waals surface area contributed by atoms with E-state index >= 15 is 0 Å². The Hall–Kier alpha value is -2.93. The van der Waals surface area contributed by atoms with Crippen molar-refractivity contribution in [3.05, 3.63) is 70.5 Å². The molecule has 1 amide bonds. The molecule has 0 saturated heterocycles. The van der Waals surface area contributed by atoms with Crippen molar-refractivity contribution >= 4 is 17.5 Å². The van der Waals surface area contributed by atoms with Gasteiger partial charge in [-0.25, -0.2) is 4.68 Å². The van der Waals surface area contributed by atoms with E-state index in [1.807, 2.05) is 32.0 Å². The first-order chi connectivity index (χ1) is 13.0. The molecule has 1 N–H and O–H groups in total. The molecular weight excluding hydrogens is 366 g/mol. The van der Waals surface area contributed by atoms with Gasteiger partial charge >= 0.3 is 0 Å². The molecule has 0 fully saturated rings. The number of tetrazole rings is 1. The minimum absolute atomic E-state index is 0.155. The van der Waals surface area contributed by atoms with Crippen LogP contribution in [0.1, 0.15) is 41.6 Å². The minimum Gasteiger partial charge on any atom is -0.486 e. The van der Waals surface area contributed by atoms with Gasteiger partial charge < -0.3 is 10.1 Å². The third-order valence-corrected chi connectivity index (χ3v) is 4.30. The number of amides is 1. The Morgan fingerprint density at radius 2 is 1.93 bits per heavy atom. The van der Waals surface area contributed by atoms with Crippen LogP contribution in [-0.4, -0.2) is 26.1 Å². The van der Waals surface area contributed by atoms with Crippen molar-refractivity contribution in [2.75, 3.05) is 0 Å². The molecule has 0 bridgehead atoms. The van der Waals surface area contributed by atoms with Crippen LogP contribution in [-0.2, 0) is 13.2 Å². The zero-order valence-corrected chi connectivity index (χ0v) is 15.8. The quantitative estimate of drug-likeness (QED) is 0.673. The number of hydrogen-bond donors (Lipinski definition) is 1. The maximum absolute atomic E-state index is 12.3. The highest BCUT2D eigenvalue weighted by Gasteiger charge is 2.10. The summed E-state index contributed by atoms with van der Waals surface area (Å²) in [5.74, 6) is 1.10. The molecule has 3 rings (SSSR count). The molecule has 0 aliphatic heterocycles. The van der Waals surface area contributed by atoms with Gasteiger partial charge in [-0.2, -0.15) is 0 Å². The van der Waals surface area contributed by atoms with E-state index in [1.54, 1.807) is 35.0 Å². The van der Waals surface area contributed by atoms with Crippen LogP contribution in [0.15, 0.2) is 48.5 Å². The Kier molecular flexibility index (Phi) is 6.03. The van der Waals surface area contributed by atoms with Gasteiger partial charge in [-0.15, -0.1) is 5.10 Å². The Balaban J connectivity index is 1.55. The molecule has 0 spiro atoms. The summed E-state index contributed by atoms with van der Waals surface area (Å²) in [4.78, 5) is 12.3. The third-order valence-electron chi connectivity index (χ3n) is 3.93. The van der Waals surface area contributed by atoms with E-state index in [4.69, 9.17) is 16.3 Å². The summed E-state index contributed by atoms with van der Waals surface area (Å²) in [5.41, 5.74) is 1.41. The standard InChI is InChI=1S/C19H20ClN5O2/c1-13(2)25-18(22-23-24-25)12-27-16-9-7-14(8-10-16)19(26)21-11-15-5-3-4-6-17(15)20/h3-10,13H,11-12H2,1-2H3,(H,21,26). The predicted octanol–water partition coefficient (Wildman–Crippen LogP) is 3.42. The summed E-state index contributed by atoms with van der Waals surface area (Å²) in [7, 11) is 0. The highest BCUT2D eigenvalue weighted by molar-refractivity contribution is 6.31. The molecule has 1 heterocycles. The first-order valence-corrected chi connectivity index (χ1v) is 8.93. The summed E-state index contributed by atoms with van der Waals surface area (Å²) < 4.78 is 7.41. The third kappa shape index (κ3) is 4.83. The van der Waals surface area contributed by atoms with Crippen LogP contribution in [0, 0.1) is 0 Å². The number of benzene rings is 2. The lowest BCUT2D eigenvalue weighted by molar-refractivity contribution is 0.0951. The van der Waals surface area contributed by atoms with Crippen molar-refractivity contribution < 1.29 is 9.53 Å². The molecule has 2 aromatic carbocycles. The maximum atomic E-state index is 12.3. The molecule has 3 aromatic rings. The topological polar surface area (TPSA) is 81.9 Å². The highest BCUT2D eigenvalue weighted by atomic mass is 35.5. The number of carbonyl (C=O) groups excluding carboxylic acids is 1. The molecule has 0 aliphatic carbocycles. The molecule has 0 saturated carbocycles. The van der Waals surface area contributed by atoms with Gasteiger partial charge in [0.2, 0.25) is 0 Å². The number of rotatable bonds is 7. The summed E-state index contributed by atoms with van der Waals surface area (Å²) in [6, 6.07) is 14.5. The maximum Gasteiger partial charge on any atom is 0.251 e. The number of nitrogens with zero attached hydrogens (tertiary/aromatic N) is 4. The fraction of sp³-hybridized carbons (Fsp3) is 0.263. The smallest absolute Gasteiger partial charge is 0.251 e. The van der Waals surface area contributed by atoms with Gasteiger partial charge in [0, 0.05) is 17.1 Å². The van der Waals surface area contributed by atoms with Gasteiger partial charge in [0.15, 0.2) is 5.82 Å². The summed E-state index contributed by atoms with van der Waals surface area (Å²) >= 11 is 6.10. The van der Waals surface area contributed by atoms with Crippen molar-refractivity contribution in [1.29, 1.82) is 0 Å². The second kappa shape index (κ2) is 8.64. The van der Waals surface area contributed by atoms with E-state index in [-0.39, 0.29) is 18.6 Å². The van der Waals surface area contributed by atoms with Crippen molar-refractivity contribution in [3.63, 3.8) is 0 Å². The van der Waals surface area contributed by atoms with Gasteiger partial charge in [0.25, 0.3) is 5.91 Å². The fourth-order valence-electron chi connectivity index (χ4n) is 2.48. The summed E-state index contributed by atoms with van der Waals surface area (Å²) in [6.07, 6.45) is 0. The van der Waals surface area contributed by atoms with Crippen LogP contribution in [0.2, 0.25) is 5.02 Å². The first-order valence-electron chi connectivity index (χ1n) is 8.56. The van der Waals surface area contributed by atoms with Gasteiger partial charge in [-0.3, -0.25) is 4.79 Å². The van der Waals surface area contributed by atoms with Crippen molar-refractivity contribution in [1.82, 2.24) is 25.5 Å². The molecule has 140 valence electrons. The Morgan fingerprint density at radius 1 is 1.19 bits per heavy atom. The van der Waals surface area contributed by atoms with Crippen LogP contribution in [0.4, 0.5) is 0 Å². The van der Waals surface area contributed by atoms with Gasteiger partial charge in [0.1, 0.15) is 12.4 Å². The second-order valence-corrected chi connectivity index (χ2v) is 6.63. The SMILES string of the molecule is CC(C)n1nnnc1COc1ccc(C(=O)NCc2ccccc2Cl)cc1. The Bertz CT molecular complexity index is 908. The lowest BCUT2D eigenvalue weighted by atomic mass is 10.2. The van der Waals surface area contributed by atoms with Crippen LogP contribution in [0.3, 0.4) is 0 Å². The van der Waals surface area contributed by atoms with Crippen molar-refractivity contribution in [2.24, 2.45) is 0 Å². The first kappa shape index (κ1) is 18.8. The van der Waals surface area contributed by atoms with E-state index in [2.05, 4.69) is 20.8 Å². The number of halogens is 1. The van der Waals surface area contributed by atoms with Crippen LogP contribution in [0.5, 0.6) is 5.75 Å². The zero-order chi connectivity index (χ0) is 19.2. The Morgan fingerprint density at radius 3 is 2.63 bits per heavy atom. The average molecular weight is 386 g/mol. The van der Waals surface area contributed by atoms with Crippen molar-refractivity contribution in [3.8, 4) is 5.75 Å². The van der Waals surface area contributed by atoms with Gasteiger partial charge in [-0.05, 0) is 60.2 Å². The van der Waals surface area contributed by atoms with Gasteiger partial charge in [0.05, 0.1) is 6.04 Å².